The lowest BCUT2D eigenvalue weighted by Crippen LogP contribution is -2.21. The van der Waals surface area contributed by atoms with Gasteiger partial charge in [0.2, 0.25) is 0 Å². The standard InChI is InChI=1S/C9H12N2O2S/c1-14(12,13)7-6-11-8-9-2-4-10-5-3-9/h1-5,11H,6-8H2. The molecule has 1 heterocycles. The van der Waals surface area contributed by atoms with Crippen molar-refractivity contribution in [3.05, 3.63) is 36.3 Å². The molecular weight excluding hydrogens is 200 g/mol. The molecule has 2 radical (unpaired) electrons. The summed E-state index contributed by atoms with van der Waals surface area (Å²) in [5.74, 6) is -0.0436. The third kappa shape index (κ3) is 4.94. The van der Waals surface area contributed by atoms with E-state index in [1.807, 2.05) is 12.1 Å². The molecule has 0 unspecified atom stereocenters. The van der Waals surface area contributed by atoms with Gasteiger partial charge in [0.1, 0.15) is 0 Å². The van der Waals surface area contributed by atoms with Gasteiger partial charge in [-0.25, -0.2) is 8.42 Å². The molecular formula is C9H12N2O2S. The van der Waals surface area contributed by atoms with Crippen molar-refractivity contribution in [3.8, 4) is 0 Å². The van der Waals surface area contributed by atoms with Crippen LogP contribution in [0.3, 0.4) is 0 Å². The topological polar surface area (TPSA) is 59.1 Å². The summed E-state index contributed by atoms with van der Waals surface area (Å²) in [7, 11) is -3.35. The molecule has 0 aliphatic carbocycles. The van der Waals surface area contributed by atoms with E-state index in [0.717, 1.165) is 5.56 Å². The molecule has 0 aliphatic heterocycles. The van der Waals surface area contributed by atoms with Crippen molar-refractivity contribution in [1.29, 1.82) is 0 Å². The highest BCUT2D eigenvalue weighted by atomic mass is 32.2. The molecule has 0 aliphatic rings. The monoisotopic (exact) mass is 212 g/mol. The Kier molecular flexibility index (Phi) is 4.03. The predicted octanol–water partition coefficient (Wildman–Crippen LogP) is 0.255. The Bertz CT molecular complexity index is 362. The van der Waals surface area contributed by atoms with E-state index >= 15 is 0 Å². The molecule has 0 spiro atoms. The lowest BCUT2D eigenvalue weighted by molar-refractivity contribution is 0.599. The van der Waals surface area contributed by atoms with E-state index < -0.39 is 9.84 Å². The molecule has 0 saturated heterocycles. The summed E-state index contributed by atoms with van der Waals surface area (Å²) in [4.78, 5) is 3.87. The molecule has 0 fully saturated rings. The zero-order valence-electron chi connectivity index (χ0n) is 7.68. The number of hydrogen-bond acceptors (Lipinski definition) is 4. The van der Waals surface area contributed by atoms with Crippen molar-refractivity contribution in [1.82, 2.24) is 10.3 Å². The van der Waals surface area contributed by atoms with Crippen molar-refractivity contribution < 1.29 is 8.42 Å². The minimum atomic E-state index is -3.35. The number of hydrogen-bond donors (Lipinski definition) is 1. The summed E-state index contributed by atoms with van der Waals surface area (Å²) < 4.78 is 21.1. The first kappa shape index (κ1) is 11.1. The summed E-state index contributed by atoms with van der Waals surface area (Å²) in [5, 5.41) is 2.97. The van der Waals surface area contributed by atoms with Gasteiger partial charge in [-0.1, -0.05) is 0 Å². The fourth-order valence-electron chi connectivity index (χ4n) is 0.948. The van der Waals surface area contributed by atoms with Crippen LogP contribution in [-0.2, 0) is 16.4 Å². The Morgan fingerprint density at radius 3 is 2.57 bits per heavy atom. The quantitative estimate of drug-likeness (QED) is 0.711. The number of sulfone groups is 1. The van der Waals surface area contributed by atoms with Crippen LogP contribution in [0, 0.1) is 6.26 Å². The lowest BCUT2D eigenvalue weighted by atomic mass is 10.3. The largest absolute Gasteiger partial charge is 0.312 e. The van der Waals surface area contributed by atoms with Gasteiger partial charge in [0.05, 0.1) is 12.0 Å². The summed E-state index contributed by atoms with van der Waals surface area (Å²) in [6, 6.07) is 3.73. The van der Waals surface area contributed by atoms with Crippen molar-refractivity contribution in [2.24, 2.45) is 0 Å². The summed E-state index contributed by atoms with van der Waals surface area (Å²) in [5.41, 5.74) is 1.06. The maximum absolute atomic E-state index is 10.6. The van der Waals surface area contributed by atoms with E-state index in [0.29, 0.717) is 13.1 Å². The first-order valence-electron chi connectivity index (χ1n) is 4.18. The zero-order valence-corrected chi connectivity index (χ0v) is 8.50. The number of pyridine rings is 1. The van der Waals surface area contributed by atoms with Crippen LogP contribution in [0.2, 0.25) is 0 Å². The molecule has 0 aromatic carbocycles. The summed E-state index contributed by atoms with van der Waals surface area (Å²) in [6.45, 7) is 0.985. The molecule has 14 heavy (non-hydrogen) atoms. The Balaban J connectivity index is 2.23. The van der Waals surface area contributed by atoms with Crippen LogP contribution >= 0.6 is 0 Å². The van der Waals surface area contributed by atoms with E-state index in [-0.39, 0.29) is 5.75 Å². The maximum atomic E-state index is 10.6. The van der Waals surface area contributed by atoms with Crippen LogP contribution in [0.4, 0.5) is 0 Å². The van der Waals surface area contributed by atoms with E-state index in [2.05, 4.69) is 10.3 Å². The highest BCUT2D eigenvalue weighted by Crippen LogP contribution is 1.94. The van der Waals surface area contributed by atoms with Crippen molar-refractivity contribution in [3.63, 3.8) is 0 Å². The second kappa shape index (κ2) is 5.07. The number of nitrogens with one attached hydrogen (secondary N) is 1. The van der Waals surface area contributed by atoms with Crippen LogP contribution in [0.5, 0.6) is 0 Å². The third-order valence-corrected chi connectivity index (χ3v) is 2.41. The number of nitrogens with zero attached hydrogens (tertiary/aromatic N) is 1. The van der Waals surface area contributed by atoms with Crippen LogP contribution in [0.1, 0.15) is 5.56 Å². The average molecular weight is 212 g/mol. The molecule has 0 bridgehead atoms. The van der Waals surface area contributed by atoms with Crippen molar-refractivity contribution in [2.75, 3.05) is 12.3 Å². The Morgan fingerprint density at radius 2 is 2.00 bits per heavy atom. The molecule has 0 atom stereocenters. The zero-order chi connectivity index (χ0) is 10.4. The smallest absolute Gasteiger partial charge is 0.157 e. The van der Waals surface area contributed by atoms with Gasteiger partial charge in [0.15, 0.2) is 9.84 Å². The van der Waals surface area contributed by atoms with Gasteiger partial charge in [0.25, 0.3) is 0 Å². The molecule has 0 saturated carbocycles. The highest BCUT2D eigenvalue weighted by molar-refractivity contribution is 7.92. The van der Waals surface area contributed by atoms with Crippen LogP contribution < -0.4 is 5.32 Å². The van der Waals surface area contributed by atoms with E-state index in [4.69, 9.17) is 6.26 Å². The second-order valence-electron chi connectivity index (χ2n) is 2.90. The minimum Gasteiger partial charge on any atom is -0.312 e. The van der Waals surface area contributed by atoms with E-state index in [1.165, 1.54) is 0 Å². The van der Waals surface area contributed by atoms with Crippen LogP contribution in [0.25, 0.3) is 0 Å². The Labute approximate surface area is 84.3 Å². The van der Waals surface area contributed by atoms with E-state index in [1.54, 1.807) is 12.4 Å². The molecule has 0 amide bonds. The first-order valence-corrected chi connectivity index (χ1v) is 5.89. The van der Waals surface area contributed by atoms with Gasteiger partial charge in [-0.15, -0.1) is 0 Å². The van der Waals surface area contributed by atoms with Gasteiger partial charge in [0, 0.05) is 25.5 Å². The SMILES string of the molecule is [CH]S(=O)(=O)CCNCc1ccncc1. The van der Waals surface area contributed by atoms with Gasteiger partial charge >= 0.3 is 0 Å². The summed E-state index contributed by atoms with van der Waals surface area (Å²) in [6.07, 6.45) is 8.22. The Morgan fingerprint density at radius 1 is 1.36 bits per heavy atom. The molecule has 1 rings (SSSR count). The first-order chi connectivity index (χ1) is 6.58. The molecule has 1 aromatic heterocycles. The Hall–Kier alpha value is -0.940. The molecule has 1 aromatic rings. The van der Waals surface area contributed by atoms with Crippen molar-refractivity contribution in [2.45, 2.75) is 6.54 Å². The fourth-order valence-corrected chi connectivity index (χ4v) is 1.38. The lowest BCUT2D eigenvalue weighted by Gasteiger charge is -2.02. The van der Waals surface area contributed by atoms with Gasteiger partial charge in [-0.2, -0.15) is 0 Å². The highest BCUT2D eigenvalue weighted by Gasteiger charge is 2.00. The molecule has 4 nitrogen and oxygen atoms in total. The second-order valence-corrected chi connectivity index (χ2v) is 4.63. The van der Waals surface area contributed by atoms with Crippen LogP contribution in [0.15, 0.2) is 24.5 Å². The third-order valence-electron chi connectivity index (χ3n) is 1.64. The molecule has 1 N–H and O–H groups in total. The van der Waals surface area contributed by atoms with Gasteiger partial charge in [-0.05, 0) is 17.7 Å². The number of aromatic nitrogens is 1. The average Bonchev–Trinajstić information content (AvgIpc) is 2.13. The molecule has 5 heteroatoms. The normalized spacial score (nSPS) is 11.5. The summed E-state index contributed by atoms with van der Waals surface area (Å²) >= 11 is 0. The van der Waals surface area contributed by atoms with Crippen LogP contribution in [-0.4, -0.2) is 25.7 Å². The molecule has 76 valence electrons. The predicted molar refractivity (Wildman–Crippen MR) is 54.0 cm³/mol. The number of rotatable bonds is 5. The fraction of sp³-hybridized carbons (Fsp3) is 0.333. The van der Waals surface area contributed by atoms with Gasteiger partial charge < -0.3 is 5.32 Å². The minimum absolute atomic E-state index is 0.0436. The van der Waals surface area contributed by atoms with Gasteiger partial charge in [-0.3, -0.25) is 4.98 Å². The van der Waals surface area contributed by atoms with Crippen molar-refractivity contribution >= 4 is 9.84 Å². The maximum Gasteiger partial charge on any atom is 0.157 e. The van der Waals surface area contributed by atoms with E-state index in [9.17, 15) is 8.42 Å².